The maximum atomic E-state index is 5.53. The molecule has 0 spiro atoms. The number of tetrazole rings is 1. The zero-order chi connectivity index (χ0) is 13.4. The molecule has 3 heterocycles. The van der Waals surface area contributed by atoms with E-state index in [9.17, 15) is 0 Å². The van der Waals surface area contributed by atoms with Gasteiger partial charge in [0.05, 0.1) is 6.04 Å². The lowest BCUT2D eigenvalue weighted by atomic mass is 10.1. The molecule has 0 fully saturated rings. The molecule has 0 radical (unpaired) electrons. The van der Waals surface area contributed by atoms with Crippen molar-refractivity contribution in [3.63, 3.8) is 0 Å². The van der Waals surface area contributed by atoms with E-state index in [1.165, 1.54) is 4.63 Å². The second kappa shape index (κ2) is 4.34. The minimum Gasteiger partial charge on any atom is -0.466 e. The average molecular weight is 258 g/mol. The lowest BCUT2D eigenvalue weighted by Gasteiger charge is -2.13. The van der Waals surface area contributed by atoms with Crippen molar-refractivity contribution in [1.29, 1.82) is 0 Å². The fourth-order valence-corrected chi connectivity index (χ4v) is 2.11. The molecule has 3 aromatic rings. The van der Waals surface area contributed by atoms with Gasteiger partial charge in [-0.1, -0.05) is 0 Å². The van der Waals surface area contributed by atoms with Gasteiger partial charge in [-0.3, -0.25) is 0 Å². The van der Waals surface area contributed by atoms with Crippen LogP contribution in [-0.4, -0.2) is 25.3 Å². The summed E-state index contributed by atoms with van der Waals surface area (Å²) in [7, 11) is 0. The molecule has 0 amide bonds. The third kappa shape index (κ3) is 2.14. The highest BCUT2D eigenvalue weighted by atomic mass is 16.3. The molecule has 3 aromatic heterocycles. The number of rotatable bonds is 3. The lowest BCUT2D eigenvalue weighted by Crippen LogP contribution is -2.10. The van der Waals surface area contributed by atoms with E-state index in [1.54, 1.807) is 0 Å². The summed E-state index contributed by atoms with van der Waals surface area (Å²) in [6, 6.07) is 5.79. The summed E-state index contributed by atoms with van der Waals surface area (Å²) in [6.45, 7) is 5.95. The molecule has 0 aromatic carbocycles. The Morgan fingerprint density at radius 1 is 1.32 bits per heavy atom. The van der Waals surface area contributed by atoms with E-state index in [2.05, 4.69) is 32.9 Å². The van der Waals surface area contributed by atoms with Gasteiger partial charge in [-0.15, -0.1) is 14.8 Å². The van der Waals surface area contributed by atoms with Gasteiger partial charge in [0.15, 0.2) is 5.65 Å². The highest BCUT2D eigenvalue weighted by Crippen LogP contribution is 2.24. The van der Waals surface area contributed by atoms with Crippen molar-refractivity contribution in [3.8, 4) is 0 Å². The molecule has 1 atom stereocenters. The standard InChI is InChI=1S/C12H14N6O/c1-7-6-10(9(3)19-7)8(2)13-11-4-5-12-14-16-17-18(12)15-11/h4-6,8H,1-3H3,(H,13,15). The van der Waals surface area contributed by atoms with Crippen LogP contribution in [0, 0.1) is 13.8 Å². The number of nitrogens with zero attached hydrogens (tertiary/aromatic N) is 5. The van der Waals surface area contributed by atoms with E-state index < -0.39 is 0 Å². The average Bonchev–Trinajstić information content (AvgIpc) is 2.94. The predicted molar refractivity (Wildman–Crippen MR) is 68.8 cm³/mol. The van der Waals surface area contributed by atoms with E-state index >= 15 is 0 Å². The molecule has 98 valence electrons. The topological polar surface area (TPSA) is 81.1 Å². The molecule has 0 aliphatic rings. The molecule has 7 heteroatoms. The van der Waals surface area contributed by atoms with E-state index in [0.717, 1.165) is 17.1 Å². The maximum Gasteiger partial charge on any atom is 0.200 e. The quantitative estimate of drug-likeness (QED) is 0.772. The summed E-state index contributed by atoms with van der Waals surface area (Å²) in [4.78, 5) is 0. The molecule has 0 aliphatic heterocycles. The van der Waals surface area contributed by atoms with Crippen LogP contribution in [0.3, 0.4) is 0 Å². The van der Waals surface area contributed by atoms with Crippen LogP contribution in [0.2, 0.25) is 0 Å². The van der Waals surface area contributed by atoms with Crippen LogP contribution in [0.5, 0.6) is 0 Å². The Hall–Kier alpha value is -2.44. The van der Waals surface area contributed by atoms with Crippen molar-refractivity contribution in [2.75, 3.05) is 5.32 Å². The number of aryl methyl sites for hydroxylation is 2. The van der Waals surface area contributed by atoms with Crippen LogP contribution in [0.25, 0.3) is 5.65 Å². The van der Waals surface area contributed by atoms with Gasteiger partial charge in [0.2, 0.25) is 0 Å². The molecular formula is C12H14N6O. The first kappa shape index (κ1) is 11.6. The summed E-state index contributed by atoms with van der Waals surface area (Å²) in [5, 5.41) is 18.7. The first-order chi connectivity index (χ1) is 9.13. The maximum absolute atomic E-state index is 5.53. The molecule has 19 heavy (non-hydrogen) atoms. The first-order valence-electron chi connectivity index (χ1n) is 6.02. The van der Waals surface area contributed by atoms with Crippen LogP contribution in [0.4, 0.5) is 5.82 Å². The summed E-state index contributed by atoms with van der Waals surface area (Å²) < 4.78 is 6.92. The Morgan fingerprint density at radius 3 is 2.89 bits per heavy atom. The lowest BCUT2D eigenvalue weighted by molar-refractivity contribution is 0.499. The molecule has 0 saturated carbocycles. The van der Waals surface area contributed by atoms with Gasteiger partial charge in [-0.2, -0.15) is 0 Å². The van der Waals surface area contributed by atoms with Crippen molar-refractivity contribution in [1.82, 2.24) is 25.3 Å². The van der Waals surface area contributed by atoms with E-state index in [4.69, 9.17) is 4.42 Å². The number of aromatic nitrogens is 5. The minimum atomic E-state index is 0.0962. The molecule has 1 unspecified atom stereocenters. The summed E-state index contributed by atoms with van der Waals surface area (Å²) in [5.74, 6) is 2.54. The minimum absolute atomic E-state index is 0.0962. The van der Waals surface area contributed by atoms with Gasteiger partial charge in [0.25, 0.3) is 0 Å². The van der Waals surface area contributed by atoms with Crippen LogP contribution < -0.4 is 5.32 Å². The second-order valence-corrected chi connectivity index (χ2v) is 4.48. The van der Waals surface area contributed by atoms with Gasteiger partial charge in [-0.25, -0.2) is 0 Å². The van der Waals surface area contributed by atoms with Crippen LogP contribution in [0.1, 0.15) is 30.0 Å². The van der Waals surface area contributed by atoms with Gasteiger partial charge >= 0.3 is 0 Å². The first-order valence-corrected chi connectivity index (χ1v) is 6.02. The van der Waals surface area contributed by atoms with Gasteiger partial charge in [-0.05, 0) is 49.4 Å². The van der Waals surface area contributed by atoms with Crippen molar-refractivity contribution in [3.05, 3.63) is 35.3 Å². The van der Waals surface area contributed by atoms with Crippen molar-refractivity contribution in [2.24, 2.45) is 0 Å². The molecule has 0 aliphatic carbocycles. The van der Waals surface area contributed by atoms with Crippen LogP contribution >= 0.6 is 0 Å². The van der Waals surface area contributed by atoms with Crippen LogP contribution in [0.15, 0.2) is 22.6 Å². The largest absolute Gasteiger partial charge is 0.466 e. The Kier molecular flexibility index (Phi) is 2.66. The number of furan rings is 1. The van der Waals surface area contributed by atoms with E-state index in [-0.39, 0.29) is 6.04 Å². The monoisotopic (exact) mass is 258 g/mol. The fraction of sp³-hybridized carbons (Fsp3) is 0.333. The Balaban J connectivity index is 1.85. The van der Waals surface area contributed by atoms with Crippen molar-refractivity contribution in [2.45, 2.75) is 26.8 Å². The summed E-state index contributed by atoms with van der Waals surface area (Å²) >= 11 is 0. The Labute approximate surface area is 109 Å². The Bertz CT molecular complexity index is 716. The van der Waals surface area contributed by atoms with Crippen LogP contribution in [-0.2, 0) is 0 Å². The second-order valence-electron chi connectivity index (χ2n) is 4.48. The zero-order valence-electron chi connectivity index (χ0n) is 11.0. The highest BCUT2D eigenvalue weighted by Gasteiger charge is 2.13. The Morgan fingerprint density at radius 2 is 2.16 bits per heavy atom. The number of fused-ring (bicyclic) bond motifs is 1. The zero-order valence-corrected chi connectivity index (χ0v) is 11.0. The number of nitrogens with one attached hydrogen (secondary N) is 1. The normalized spacial score (nSPS) is 12.8. The van der Waals surface area contributed by atoms with Crippen molar-refractivity contribution >= 4 is 11.5 Å². The van der Waals surface area contributed by atoms with Gasteiger partial charge in [0.1, 0.15) is 17.3 Å². The molecule has 1 N–H and O–H groups in total. The van der Waals surface area contributed by atoms with E-state index in [1.807, 2.05) is 32.0 Å². The number of hydrogen-bond donors (Lipinski definition) is 1. The van der Waals surface area contributed by atoms with Crippen molar-refractivity contribution < 1.29 is 4.42 Å². The number of hydrogen-bond acceptors (Lipinski definition) is 6. The molecule has 3 rings (SSSR count). The fourth-order valence-electron chi connectivity index (χ4n) is 2.11. The third-order valence-corrected chi connectivity index (χ3v) is 2.98. The SMILES string of the molecule is Cc1cc(C(C)Nc2ccc3nnnn3n2)c(C)o1. The molecule has 0 bridgehead atoms. The smallest absolute Gasteiger partial charge is 0.200 e. The third-order valence-electron chi connectivity index (χ3n) is 2.98. The van der Waals surface area contributed by atoms with Gasteiger partial charge < -0.3 is 9.73 Å². The molecule has 0 saturated heterocycles. The summed E-state index contributed by atoms with van der Waals surface area (Å²) in [6.07, 6.45) is 0. The molecule has 7 nitrogen and oxygen atoms in total. The highest BCUT2D eigenvalue weighted by molar-refractivity contribution is 5.44. The summed E-state index contributed by atoms with van der Waals surface area (Å²) in [5.41, 5.74) is 1.74. The number of anilines is 1. The predicted octanol–water partition coefficient (Wildman–Crippen LogP) is 1.90. The van der Waals surface area contributed by atoms with Gasteiger partial charge in [0, 0.05) is 5.56 Å². The molecular weight excluding hydrogens is 244 g/mol. The van der Waals surface area contributed by atoms with E-state index in [0.29, 0.717) is 11.5 Å².